The summed E-state index contributed by atoms with van der Waals surface area (Å²) in [5.74, 6) is 1.30. The maximum absolute atomic E-state index is 12.8. The first kappa shape index (κ1) is 25.3. The highest BCUT2D eigenvalue weighted by Crippen LogP contribution is 2.30. The predicted molar refractivity (Wildman–Crippen MR) is 150 cm³/mol. The lowest BCUT2D eigenvalue weighted by atomic mass is 9.89. The Balaban J connectivity index is 1.56. The monoisotopic (exact) mass is 484 g/mol. The third-order valence-electron chi connectivity index (χ3n) is 6.56. The molecule has 1 aliphatic heterocycles. The minimum atomic E-state index is -0.233. The topological polar surface area (TPSA) is 83.4 Å². The van der Waals surface area contributed by atoms with E-state index >= 15 is 0 Å². The Morgan fingerprint density at radius 2 is 1.83 bits per heavy atom. The second kappa shape index (κ2) is 11.3. The number of aromatic nitrogens is 1. The summed E-state index contributed by atoms with van der Waals surface area (Å²) in [7, 11) is 2.18. The lowest BCUT2D eigenvalue weighted by molar-refractivity contribution is 0.242. The van der Waals surface area contributed by atoms with Gasteiger partial charge in [0, 0.05) is 28.8 Å². The van der Waals surface area contributed by atoms with Gasteiger partial charge in [0.15, 0.2) is 0 Å². The summed E-state index contributed by atoms with van der Waals surface area (Å²) in [5.41, 5.74) is 11.4. The molecule has 0 unspecified atom stereocenters. The van der Waals surface area contributed by atoms with Crippen molar-refractivity contribution in [3.8, 4) is 5.75 Å². The normalized spacial score (nSPS) is 15.2. The van der Waals surface area contributed by atoms with E-state index in [2.05, 4.69) is 53.1 Å². The number of hydrogen-bond donors (Lipinski definition) is 3. The number of rotatable bonds is 8. The van der Waals surface area contributed by atoms with E-state index in [-0.39, 0.29) is 11.7 Å². The van der Waals surface area contributed by atoms with Crippen LogP contribution < -0.4 is 21.3 Å². The number of nitrogens with two attached hydrogens (primary N) is 1. The van der Waals surface area contributed by atoms with E-state index < -0.39 is 0 Å². The van der Waals surface area contributed by atoms with Gasteiger partial charge >= 0.3 is 0 Å². The van der Waals surface area contributed by atoms with Gasteiger partial charge in [-0.25, -0.2) is 0 Å². The molecule has 1 fully saturated rings. The molecule has 1 saturated heterocycles. The second-order valence-corrected chi connectivity index (χ2v) is 9.70. The number of likely N-dealkylation sites (tertiary alicyclic amines) is 1. The summed E-state index contributed by atoms with van der Waals surface area (Å²) < 4.78 is 5.92. The van der Waals surface area contributed by atoms with Crippen LogP contribution in [0.4, 0.5) is 5.69 Å². The van der Waals surface area contributed by atoms with Gasteiger partial charge < -0.3 is 25.7 Å². The molecule has 4 rings (SSSR count). The fourth-order valence-corrected chi connectivity index (χ4v) is 4.65. The molecular formula is C30H36N4O2. The van der Waals surface area contributed by atoms with Gasteiger partial charge in [0.25, 0.3) is 5.56 Å². The molecule has 0 radical (unpaired) electrons. The van der Waals surface area contributed by atoms with Crippen molar-refractivity contribution in [2.45, 2.75) is 38.7 Å². The fourth-order valence-electron chi connectivity index (χ4n) is 4.65. The molecule has 0 aliphatic carbocycles. The molecule has 1 aliphatic rings. The summed E-state index contributed by atoms with van der Waals surface area (Å²) in [5, 5.41) is 3.31. The highest BCUT2D eigenvalue weighted by Gasteiger charge is 2.18. The van der Waals surface area contributed by atoms with Gasteiger partial charge in [-0.05, 0) is 100 Å². The number of H-pyrrole nitrogens is 1. The molecule has 0 amide bonds. The van der Waals surface area contributed by atoms with Crippen molar-refractivity contribution >= 4 is 23.2 Å². The van der Waals surface area contributed by atoms with Crippen molar-refractivity contribution < 1.29 is 4.74 Å². The van der Waals surface area contributed by atoms with Crippen molar-refractivity contribution in [2.24, 2.45) is 5.73 Å². The van der Waals surface area contributed by atoms with Crippen LogP contribution >= 0.6 is 0 Å². The summed E-state index contributed by atoms with van der Waals surface area (Å²) in [6.45, 7) is 10.4. The number of piperidine rings is 1. The summed E-state index contributed by atoms with van der Waals surface area (Å²) in [4.78, 5) is 18.0. The Labute approximate surface area is 213 Å². The highest BCUT2D eigenvalue weighted by atomic mass is 16.5. The van der Waals surface area contributed by atoms with Crippen LogP contribution in [0.1, 0.15) is 54.9 Å². The van der Waals surface area contributed by atoms with Crippen LogP contribution in [0.5, 0.6) is 5.75 Å². The number of ether oxygens (including phenoxy) is 1. The molecule has 4 N–H and O–H groups in total. The molecule has 2 aromatic carbocycles. The van der Waals surface area contributed by atoms with Gasteiger partial charge in [0.1, 0.15) is 5.75 Å². The maximum atomic E-state index is 12.8. The van der Waals surface area contributed by atoms with E-state index in [0.29, 0.717) is 34.2 Å². The van der Waals surface area contributed by atoms with Gasteiger partial charge in [-0.2, -0.15) is 0 Å². The lowest BCUT2D eigenvalue weighted by Crippen LogP contribution is -2.29. The fraction of sp³-hybridized carbons (Fsp3) is 0.300. The van der Waals surface area contributed by atoms with E-state index in [0.717, 1.165) is 24.3 Å². The second-order valence-electron chi connectivity index (χ2n) is 9.70. The van der Waals surface area contributed by atoms with Crippen LogP contribution in [0.15, 0.2) is 72.2 Å². The van der Waals surface area contributed by atoms with Crippen LogP contribution in [0, 0.1) is 0 Å². The Morgan fingerprint density at radius 3 is 2.53 bits per heavy atom. The van der Waals surface area contributed by atoms with E-state index in [9.17, 15) is 4.79 Å². The average Bonchev–Trinajstić information content (AvgIpc) is 2.85. The zero-order valence-corrected chi connectivity index (χ0v) is 21.4. The van der Waals surface area contributed by atoms with Crippen molar-refractivity contribution in [2.75, 3.05) is 25.5 Å². The minimum Gasteiger partial charge on any atom is -0.490 e. The average molecular weight is 485 g/mol. The minimum absolute atomic E-state index is 0.0175. The first-order chi connectivity index (χ1) is 17.3. The zero-order chi connectivity index (χ0) is 25.7. The number of benzene rings is 2. The number of nitrogens with zero attached hydrogens (tertiary/aromatic N) is 1. The molecule has 0 spiro atoms. The molecule has 6 heteroatoms. The molecule has 3 aromatic rings. The standard InChI is InChI=1S/C30H36N4O2/c1-20(2)36-28-8-6-5-7-26(28)27(31)19-24-13-16-32-30(35)29(24)21(3)33-25-11-9-22(10-12-25)23-14-17-34(4)18-15-23/h5-13,16,19-20,23,33H,3,14-15,17-18,31H2,1-2,4H3,(H,32,35)/b27-19-. The van der Waals surface area contributed by atoms with Crippen LogP contribution in [0.3, 0.4) is 0 Å². The first-order valence-corrected chi connectivity index (χ1v) is 12.5. The number of nitrogens with one attached hydrogen (secondary N) is 2. The van der Waals surface area contributed by atoms with Gasteiger partial charge in [-0.15, -0.1) is 0 Å². The molecular weight excluding hydrogens is 448 g/mol. The van der Waals surface area contributed by atoms with Gasteiger partial charge in [-0.3, -0.25) is 4.79 Å². The smallest absolute Gasteiger partial charge is 0.257 e. The Kier molecular flexibility index (Phi) is 7.96. The molecule has 2 heterocycles. The van der Waals surface area contributed by atoms with E-state index in [1.54, 1.807) is 12.3 Å². The Morgan fingerprint density at radius 1 is 1.14 bits per heavy atom. The zero-order valence-electron chi connectivity index (χ0n) is 21.4. The number of aromatic amines is 1. The molecule has 0 saturated carbocycles. The lowest BCUT2D eigenvalue weighted by Gasteiger charge is -2.29. The van der Waals surface area contributed by atoms with Gasteiger partial charge in [0.2, 0.25) is 0 Å². The van der Waals surface area contributed by atoms with Crippen LogP contribution in [0.2, 0.25) is 0 Å². The largest absolute Gasteiger partial charge is 0.490 e. The van der Waals surface area contributed by atoms with E-state index in [4.69, 9.17) is 10.5 Å². The quantitative estimate of drug-likeness (QED) is 0.393. The van der Waals surface area contributed by atoms with E-state index in [1.807, 2.05) is 44.2 Å². The van der Waals surface area contributed by atoms with E-state index in [1.165, 1.54) is 18.4 Å². The molecule has 0 atom stereocenters. The third-order valence-corrected chi connectivity index (χ3v) is 6.56. The van der Waals surface area contributed by atoms with Gasteiger partial charge in [-0.1, -0.05) is 30.8 Å². The SMILES string of the molecule is C=C(Nc1ccc(C2CCN(C)CC2)cc1)c1c(/C=C(\N)c2ccccc2OC(C)C)cc[nH]c1=O. The third kappa shape index (κ3) is 6.07. The van der Waals surface area contributed by atoms with Crippen LogP contribution in [0.25, 0.3) is 17.5 Å². The molecule has 0 bridgehead atoms. The first-order valence-electron chi connectivity index (χ1n) is 12.5. The Hall–Kier alpha value is -3.77. The van der Waals surface area contributed by atoms with Crippen LogP contribution in [-0.4, -0.2) is 36.1 Å². The van der Waals surface area contributed by atoms with Crippen molar-refractivity contribution in [3.05, 3.63) is 100.0 Å². The number of para-hydroxylation sites is 1. The molecule has 1 aromatic heterocycles. The number of anilines is 1. The molecule has 36 heavy (non-hydrogen) atoms. The van der Waals surface area contributed by atoms with Crippen molar-refractivity contribution in [1.29, 1.82) is 0 Å². The van der Waals surface area contributed by atoms with Gasteiger partial charge in [0.05, 0.1) is 11.7 Å². The number of hydrogen-bond acceptors (Lipinski definition) is 5. The Bertz CT molecular complexity index is 1280. The molecule has 188 valence electrons. The van der Waals surface area contributed by atoms with Crippen LogP contribution in [-0.2, 0) is 0 Å². The number of pyridine rings is 1. The summed E-state index contributed by atoms with van der Waals surface area (Å²) in [6, 6.07) is 17.9. The summed E-state index contributed by atoms with van der Waals surface area (Å²) in [6.07, 6.45) is 5.79. The molecule has 6 nitrogen and oxygen atoms in total. The van der Waals surface area contributed by atoms with Crippen molar-refractivity contribution in [1.82, 2.24) is 9.88 Å². The van der Waals surface area contributed by atoms with Crippen molar-refractivity contribution in [3.63, 3.8) is 0 Å². The predicted octanol–water partition coefficient (Wildman–Crippen LogP) is 5.51. The summed E-state index contributed by atoms with van der Waals surface area (Å²) >= 11 is 0. The highest BCUT2D eigenvalue weighted by molar-refractivity contribution is 5.87. The maximum Gasteiger partial charge on any atom is 0.257 e.